The molecule has 3 aromatic rings. The quantitative estimate of drug-likeness (QED) is 0.701. The molecular weight excluding hydrogens is 334 g/mol. The number of hydrogen-bond acceptors (Lipinski definition) is 5. The molecule has 2 heterocycles. The zero-order valence-electron chi connectivity index (χ0n) is 15.0. The number of aromatic nitrogens is 2. The highest BCUT2D eigenvalue weighted by atomic mass is 16.5. The number of anilines is 1. The summed E-state index contributed by atoms with van der Waals surface area (Å²) in [7, 11) is 1.57. The summed E-state index contributed by atoms with van der Waals surface area (Å²) < 4.78 is 17.8. The third-order valence-corrected chi connectivity index (χ3v) is 3.90. The predicted molar refractivity (Wildman–Crippen MR) is 96.1 cm³/mol. The summed E-state index contributed by atoms with van der Waals surface area (Å²) >= 11 is 0. The summed E-state index contributed by atoms with van der Waals surface area (Å²) in [6, 6.07) is 9.24. The highest BCUT2D eigenvalue weighted by Crippen LogP contribution is 2.19. The van der Waals surface area contributed by atoms with Gasteiger partial charge in [-0.2, -0.15) is 5.10 Å². The second-order valence-corrected chi connectivity index (χ2v) is 5.94. The van der Waals surface area contributed by atoms with E-state index >= 15 is 0 Å². The SMILES string of the molecule is COCn1cc(NC(=O)c2ccc(COc3ccc(C)c(C)c3)o2)cn1. The Morgan fingerprint density at radius 3 is 2.85 bits per heavy atom. The molecule has 1 aromatic carbocycles. The fourth-order valence-corrected chi connectivity index (χ4v) is 2.36. The summed E-state index contributed by atoms with van der Waals surface area (Å²) in [6.07, 6.45) is 3.22. The van der Waals surface area contributed by atoms with Gasteiger partial charge in [-0.3, -0.25) is 4.79 Å². The number of furan rings is 1. The third kappa shape index (κ3) is 4.31. The molecule has 3 rings (SSSR count). The second kappa shape index (κ2) is 7.88. The van der Waals surface area contributed by atoms with Crippen molar-refractivity contribution in [3.63, 3.8) is 0 Å². The summed E-state index contributed by atoms with van der Waals surface area (Å²) in [5.74, 6) is 1.20. The zero-order valence-corrected chi connectivity index (χ0v) is 15.0. The number of carbonyl (C=O) groups is 1. The molecule has 7 heteroatoms. The molecule has 0 unspecified atom stereocenters. The van der Waals surface area contributed by atoms with E-state index in [1.165, 1.54) is 5.56 Å². The van der Waals surface area contributed by atoms with Crippen LogP contribution < -0.4 is 10.1 Å². The van der Waals surface area contributed by atoms with Crippen molar-refractivity contribution < 1.29 is 18.7 Å². The first kappa shape index (κ1) is 17.8. The van der Waals surface area contributed by atoms with E-state index in [0.29, 0.717) is 18.2 Å². The van der Waals surface area contributed by atoms with Crippen molar-refractivity contribution in [2.75, 3.05) is 12.4 Å². The van der Waals surface area contributed by atoms with E-state index in [4.69, 9.17) is 13.9 Å². The van der Waals surface area contributed by atoms with Crippen LogP contribution in [0.1, 0.15) is 27.4 Å². The van der Waals surface area contributed by atoms with Crippen LogP contribution >= 0.6 is 0 Å². The Balaban J connectivity index is 1.57. The Kier molecular flexibility index (Phi) is 5.38. The molecule has 26 heavy (non-hydrogen) atoms. The molecule has 0 aliphatic heterocycles. The van der Waals surface area contributed by atoms with Crippen LogP contribution in [0.3, 0.4) is 0 Å². The van der Waals surface area contributed by atoms with E-state index in [1.54, 1.807) is 36.3 Å². The number of methoxy groups -OCH3 is 1. The van der Waals surface area contributed by atoms with Gasteiger partial charge in [0.25, 0.3) is 5.91 Å². The lowest BCUT2D eigenvalue weighted by molar-refractivity contribution is 0.0992. The van der Waals surface area contributed by atoms with Gasteiger partial charge in [0.2, 0.25) is 0 Å². The number of amides is 1. The second-order valence-electron chi connectivity index (χ2n) is 5.94. The monoisotopic (exact) mass is 355 g/mol. The molecule has 1 amide bonds. The zero-order chi connectivity index (χ0) is 18.5. The molecular formula is C19H21N3O4. The van der Waals surface area contributed by atoms with Crippen molar-refractivity contribution in [2.45, 2.75) is 27.2 Å². The van der Waals surface area contributed by atoms with E-state index in [0.717, 1.165) is 11.3 Å². The van der Waals surface area contributed by atoms with Crippen LogP contribution in [0.15, 0.2) is 47.1 Å². The minimum atomic E-state index is -0.348. The highest BCUT2D eigenvalue weighted by Gasteiger charge is 2.13. The molecule has 0 saturated carbocycles. The third-order valence-electron chi connectivity index (χ3n) is 3.90. The van der Waals surface area contributed by atoms with E-state index in [1.807, 2.05) is 25.1 Å². The van der Waals surface area contributed by atoms with Crippen LogP contribution in [-0.4, -0.2) is 22.8 Å². The molecule has 0 saturated heterocycles. The van der Waals surface area contributed by atoms with Gasteiger partial charge in [-0.1, -0.05) is 6.07 Å². The fourth-order valence-electron chi connectivity index (χ4n) is 2.36. The van der Waals surface area contributed by atoms with Crippen molar-refractivity contribution in [3.05, 3.63) is 65.4 Å². The number of rotatable bonds is 7. The van der Waals surface area contributed by atoms with Gasteiger partial charge in [0.15, 0.2) is 5.76 Å². The topological polar surface area (TPSA) is 78.5 Å². The number of nitrogens with zero attached hydrogens (tertiary/aromatic N) is 2. The van der Waals surface area contributed by atoms with E-state index in [-0.39, 0.29) is 18.3 Å². The van der Waals surface area contributed by atoms with Crippen molar-refractivity contribution in [3.8, 4) is 5.75 Å². The maximum Gasteiger partial charge on any atom is 0.291 e. The number of hydrogen-bond donors (Lipinski definition) is 1. The van der Waals surface area contributed by atoms with Crippen LogP contribution in [0.4, 0.5) is 5.69 Å². The Labute approximate surface area is 151 Å². The molecule has 1 N–H and O–H groups in total. The average Bonchev–Trinajstić information content (AvgIpc) is 3.26. The fraction of sp³-hybridized carbons (Fsp3) is 0.263. The van der Waals surface area contributed by atoms with Gasteiger partial charge in [-0.25, -0.2) is 4.68 Å². The first-order valence-corrected chi connectivity index (χ1v) is 8.16. The molecule has 7 nitrogen and oxygen atoms in total. The van der Waals surface area contributed by atoms with Gasteiger partial charge in [0, 0.05) is 7.11 Å². The summed E-state index contributed by atoms with van der Waals surface area (Å²) in [4.78, 5) is 12.2. The predicted octanol–water partition coefficient (Wildman–Crippen LogP) is 3.53. The van der Waals surface area contributed by atoms with Crippen LogP contribution in [-0.2, 0) is 18.1 Å². The molecule has 0 atom stereocenters. The molecule has 0 radical (unpaired) electrons. The van der Waals surface area contributed by atoms with Crippen molar-refractivity contribution >= 4 is 11.6 Å². The normalized spacial score (nSPS) is 10.7. The smallest absolute Gasteiger partial charge is 0.291 e. The Morgan fingerprint density at radius 2 is 2.08 bits per heavy atom. The lowest BCUT2D eigenvalue weighted by Crippen LogP contribution is -2.10. The summed E-state index contributed by atoms with van der Waals surface area (Å²) in [5.41, 5.74) is 2.94. The van der Waals surface area contributed by atoms with E-state index in [9.17, 15) is 4.79 Å². The van der Waals surface area contributed by atoms with Crippen molar-refractivity contribution in [1.82, 2.24) is 9.78 Å². The van der Waals surface area contributed by atoms with Crippen LogP contribution in [0.2, 0.25) is 0 Å². The van der Waals surface area contributed by atoms with Crippen LogP contribution in [0, 0.1) is 13.8 Å². The van der Waals surface area contributed by atoms with Crippen molar-refractivity contribution in [2.24, 2.45) is 0 Å². The number of aryl methyl sites for hydroxylation is 2. The maximum absolute atomic E-state index is 12.2. The van der Waals surface area contributed by atoms with Gasteiger partial charge in [0.05, 0.1) is 18.1 Å². The van der Waals surface area contributed by atoms with Gasteiger partial charge >= 0.3 is 0 Å². The average molecular weight is 355 g/mol. The minimum absolute atomic E-state index is 0.211. The highest BCUT2D eigenvalue weighted by molar-refractivity contribution is 6.02. The molecule has 0 aliphatic carbocycles. The molecule has 0 fully saturated rings. The first-order chi connectivity index (χ1) is 12.5. The number of benzene rings is 1. The Morgan fingerprint density at radius 1 is 1.23 bits per heavy atom. The van der Waals surface area contributed by atoms with Crippen LogP contribution in [0.25, 0.3) is 0 Å². The van der Waals surface area contributed by atoms with Gasteiger partial charge < -0.3 is 19.2 Å². The first-order valence-electron chi connectivity index (χ1n) is 8.16. The standard InChI is InChI=1S/C19H21N3O4/c1-13-4-5-16(8-14(13)2)25-11-17-6-7-18(26-17)19(23)21-15-9-20-22(10-15)12-24-3/h4-10H,11-12H2,1-3H3,(H,21,23). The lowest BCUT2D eigenvalue weighted by atomic mass is 10.1. The van der Waals surface area contributed by atoms with E-state index < -0.39 is 0 Å². The molecule has 136 valence electrons. The van der Waals surface area contributed by atoms with Gasteiger partial charge in [0.1, 0.15) is 24.8 Å². The Hall–Kier alpha value is -3.06. The van der Waals surface area contributed by atoms with E-state index in [2.05, 4.69) is 17.3 Å². The molecule has 0 aliphatic rings. The van der Waals surface area contributed by atoms with Crippen LogP contribution in [0.5, 0.6) is 5.75 Å². The number of carbonyl (C=O) groups excluding carboxylic acids is 1. The minimum Gasteiger partial charge on any atom is -0.486 e. The largest absolute Gasteiger partial charge is 0.486 e. The lowest BCUT2D eigenvalue weighted by Gasteiger charge is -2.06. The maximum atomic E-state index is 12.2. The van der Waals surface area contributed by atoms with Gasteiger partial charge in [-0.05, 0) is 49.2 Å². The van der Waals surface area contributed by atoms with Gasteiger partial charge in [-0.15, -0.1) is 0 Å². The molecule has 0 bridgehead atoms. The summed E-state index contributed by atoms with van der Waals surface area (Å²) in [5, 5.41) is 6.79. The number of ether oxygens (including phenoxy) is 2. The number of nitrogens with one attached hydrogen (secondary N) is 1. The summed E-state index contributed by atoms with van der Waals surface area (Å²) in [6.45, 7) is 4.65. The Bertz CT molecular complexity index is 898. The van der Waals surface area contributed by atoms with Crippen molar-refractivity contribution in [1.29, 1.82) is 0 Å². The molecule has 2 aromatic heterocycles. The molecule has 0 spiro atoms.